The molecule has 6 heteroatoms. The van der Waals surface area contributed by atoms with E-state index in [9.17, 15) is 18.7 Å². The summed E-state index contributed by atoms with van der Waals surface area (Å²) >= 11 is 0. The molecular formula is C18H20F2N2O2. The number of aliphatic hydroxyl groups excluding tert-OH is 1. The molecule has 2 aromatic rings. The maximum Gasteiger partial charge on any atom is 0.315 e. The van der Waals surface area contributed by atoms with Crippen molar-refractivity contribution in [2.24, 2.45) is 0 Å². The predicted octanol–water partition coefficient (Wildman–Crippen LogP) is 3.37. The second-order valence-electron chi connectivity index (χ2n) is 5.65. The van der Waals surface area contributed by atoms with Crippen molar-refractivity contribution in [3.05, 3.63) is 70.8 Å². The molecule has 0 aliphatic rings. The number of urea groups is 1. The number of hydrogen-bond donors (Lipinski definition) is 3. The van der Waals surface area contributed by atoms with Gasteiger partial charge in [-0.15, -0.1) is 0 Å². The Hall–Kier alpha value is -2.47. The number of nitrogens with one attached hydrogen (secondary N) is 2. The van der Waals surface area contributed by atoms with E-state index < -0.39 is 18.0 Å². The van der Waals surface area contributed by atoms with Crippen molar-refractivity contribution in [3.8, 4) is 0 Å². The number of halogens is 2. The van der Waals surface area contributed by atoms with Crippen molar-refractivity contribution in [2.45, 2.75) is 26.0 Å². The van der Waals surface area contributed by atoms with Crippen LogP contribution in [0.15, 0.2) is 42.5 Å². The van der Waals surface area contributed by atoms with Gasteiger partial charge in [-0.3, -0.25) is 0 Å². The summed E-state index contributed by atoms with van der Waals surface area (Å²) < 4.78 is 26.4. The molecule has 0 aliphatic heterocycles. The van der Waals surface area contributed by atoms with Crippen molar-refractivity contribution in [1.29, 1.82) is 0 Å². The van der Waals surface area contributed by atoms with E-state index in [1.165, 1.54) is 30.3 Å². The van der Waals surface area contributed by atoms with Gasteiger partial charge >= 0.3 is 6.03 Å². The summed E-state index contributed by atoms with van der Waals surface area (Å²) in [5, 5.41) is 15.2. The zero-order chi connectivity index (χ0) is 17.7. The number of benzene rings is 2. The van der Waals surface area contributed by atoms with Crippen LogP contribution in [0.3, 0.4) is 0 Å². The summed E-state index contributed by atoms with van der Waals surface area (Å²) in [7, 11) is 0. The lowest BCUT2D eigenvalue weighted by molar-refractivity contribution is 0.172. The van der Waals surface area contributed by atoms with E-state index in [0.717, 1.165) is 0 Å². The summed E-state index contributed by atoms with van der Waals surface area (Å²) in [6, 6.07) is 9.31. The van der Waals surface area contributed by atoms with Crippen molar-refractivity contribution in [2.75, 3.05) is 6.54 Å². The third kappa shape index (κ3) is 4.76. The van der Waals surface area contributed by atoms with E-state index in [1.54, 1.807) is 26.0 Å². The Balaban J connectivity index is 1.86. The highest BCUT2D eigenvalue weighted by atomic mass is 19.1. The van der Waals surface area contributed by atoms with Crippen LogP contribution in [0.4, 0.5) is 13.6 Å². The Morgan fingerprint density at radius 2 is 1.75 bits per heavy atom. The Kier molecular flexibility index (Phi) is 5.87. The highest BCUT2D eigenvalue weighted by molar-refractivity contribution is 5.74. The summed E-state index contributed by atoms with van der Waals surface area (Å²) in [6.45, 7) is 3.38. The molecular weight excluding hydrogens is 314 g/mol. The normalized spacial score (nSPS) is 13.2. The number of aliphatic hydroxyl groups is 1. The van der Waals surface area contributed by atoms with E-state index in [1.807, 2.05) is 0 Å². The number of rotatable bonds is 5. The first-order chi connectivity index (χ1) is 11.4. The average Bonchev–Trinajstić information content (AvgIpc) is 2.55. The van der Waals surface area contributed by atoms with Crippen LogP contribution < -0.4 is 10.6 Å². The van der Waals surface area contributed by atoms with Crippen LogP contribution in [-0.2, 0) is 0 Å². The number of aryl methyl sites for hydroxylation is 1. The fourth-order valence-electron chi connectivity index (χ4n) is 2.20. The Morgan fingerprint density at radius 1 is 1.12 bits per heavy atom. The van der Waals surface area contributed by atoms with Gasteiger partial charge in [-0.05, 0) is 48.7 Å². The van der Waals surface area contributed by atoms with E-state index in [4.69, 9.17) is 0 Å². The first-order valence-corrected chi connectivity index (χ1v) is 7.60. The van der Waals surface area contributed by atoms with Crippen molar-refractivity contribution < 1.29 is 18.7 Å². The third-order valence-electron chi connectivity index (χ3n) is 3.75. The fraction of sp³-hybridized carbons (Fsp3) is 0.278. The van der Waals surface area contributed by atoms with Crippen LogP contribution in [0, 0.1) is 18.6 Å². The highest BCUT2D eigenvalue weighted by Gasteiger charge is 2.13. The molecule has 0 fully saturated rings. The van der Waals surface area contributed by atoms with Gasteiger partial charge in [0.1, 0.15) is 11.6 Å². The van der Waals surface area contributed by atoms with Gasteiger partial charge in [0.25, 0.3) is 0 Å². The molecule has 0 aliphatic carbocycles. The van der Waals surface area contributed by atoms with Gasteiger partial charge in [-0.1, -0.05) is 24.3 Å². The van der Waals surface area contributed by atoms with Gasteiger partial charge < -0.3 is 15.7 Å². The molecule has 2 atom stereocenters. The van der Waals surface area contributed by atoms with Crippen molar-refractivity contribution >= 4 is 6.03 Å². The van der Waals surface area contributed by atoms with E-state index >= 15 is 0 Å². The summed E-state index contributed by atoms with van der Waals surface area (Å²) in [5.74, 6) is -0.718. The second kappa shape index (κ2) is 7.88. The minimum Gasteiger partial charge on any atom is -0.387 e. The molecule has 0 saturated carbocycles. The summed E-state index contributed by atoms with van der Waals surface area (Å²) in [6.07, 6.45) is -0.941. The van der Waals surface area contributed by atoms with Crippen LogP contribution in [0.2, 0.25) is 0 Å². The van der Waals surface area contributed by atoms with Crippen LogP contribution >= 0.6 is 0 Å². The van der Waals surface area contributed by atoms with Crippen molar-refractivity contribution in [3.63, 3.8) is 0 Å². The molecule has 3 N–H and O–H groups in total. The standard InChI is InChI=1S/C18H20F2N2O2/c1-11-3-4-14(9-16(11)20)12(2)22-18(24)21-10-17(23)13-5-7-15(19)8-6-13/h3-9,12,17,23H,10H2,1-2H3,(H2,21,22,24). The molecule has 2 amide bonds. The lowest BCUT2D eigenvalue weighted by atomic mass is 10.1. The van der Waals surface area contributed by atoms with Gasteiger partial charge in [0.15, 0.2) is 0 Å². The predicted molar refractivity (Wildman–Crippen MR) is 87.4 cm³/mol. The van der Waals surface area contributed by atoms with Crippen molar-refractivity contribution in [1.82, 2.24) is 10.6 Å². The topological polar surface area (TPSA) is 61.4 Å². The zero-order valence-electron chi connectivity index (χ0n) is 13.5. The fourth-order valence-corrected chi connectivity index (χ4v) is 2.20. The zero-order valence-corrected chi connectivity index (χ0v) is 13.5. The molecule has 0 aromatic heterocycles. The van der Waals surface area contributed by atoms with Crippen LogP contribution in [-0.4, -0.2) is 17.7 Å². The van der Waals surface area contributed by atoms with Gasteiger partial charge in [0.2, 0.25) is 0 Å². The highest BCUT2D eigenvalue weighted by Crippen LogP contribution is 2.16. The number of amides is 2. The lowest BCUT2D eigenvalue weighted by Gasteiger charge is -2.17. The SMILES string of the molecule is Cc1ccc(C(C)NC(=O)NCC(O)c2ccc(F)cc2)cc1F. The smallest absolute Gasteiger partial charge is 0.315 e. The molecule has 4 nitrogen and oxygen atoms in total. The maximum atomic E-state index is 13.6. The molecule has 0 spiro atoms. The minimum atomic E-state index is -0.941. The van der Waals surface area contributed by atoms with Gasteiger partial charge in [0.05, 0.1) is 12.1 Å². The molecule has 2 aromatic carbocycles. The van der Waals surface area contributed by atoms with Gasteiger partial charge in [0, 0.05) is 6.54 Å². The molecule has 24 heavy (non-hydrogen) atoms. The van der Waals surface area contributed by atoms with E-state index in [-0.39, 0.29) is 18.4 Å². The largest absolute Gasteiger partial charge is 0.387 e. The quantitative estimate of drug-likeness (QED) is 0.785. The molecule has 0 radical (unpaired) electrons. The Bertz CT molecular complexity index is 705. The minimum absolute atomic E-state index is 0.0214. The maximum absolute atomic E-state index is 13.6. The molecule has 2 rings (SSSR count). The number of hydrogen-bond acceptors (Lipinski definition) is 2. The number of carbonyl (C=O) groups excluding carboxylic acids is 1. The first kappa shape index (κ1) is 17.9. The monoisotopic (exact) mass is 334 g/mol. The van der Waals surface area contributed by atoms with E-state index in [2.05, 4.69) is 10.6 Å². The molecule has 0 heterocycles. The van der Waals surface area contributed by atoms with E-state index in [0.29, 0.717) is 16.7 Å². The summed E-state index contributed by atoms with van der Waals surface area (Å²) in [5.41, 5.74) is 1.69. The van der Waals surface area contributed by atoms with Gasteiger partial charge in [-0.2, -0.15) is 0 Å². The summed E-state index contributed by atoms with van der Waals surface area (Å²) in [4.78, 5) is 11.9. The molecule has 0 bridgehead atoms. The molecule has 0 saturated heterocycles. The second-order valence-corrected chi connectivity index (χ2v) is 5.65. The van der Waals surface area contributed by atoms with Crippen LogP contribution in [0.1, 0.15) is 35.8 Å². The van der Waals surface area contributed by atoms with Crippen LogP contribution in [0.25, 0.3) is 0 Å². The average molecular weight is 334 g/mol. The molecule has 2 unspecified atom stereocenters. The molecule has 128 valence electrons. The number of carbonyl (C=O) groups is 1. The van der Waals surface area contributed by atoms with Crippen LogP contribution in [0.5, 0.6) is 0 Å². The third-order valence-corrected chi connectivity index (χ3v) is 3.75. The Labute approximate surface area is 139 Å². The Morgan fingerprint density at radius 3 is 2.38 bits per heavy atom. The lowest BCUT2D eigenvalue weighted by Crippen LogP contribution is -2.39. The van der Waals surface area contributed by atoms with Gasteiger partial charge in [-0.25, -0.2) is 13.6 Å². The first-order valence-electron chi connectivity index (χ1n) is 7.60.